The molecule has 0 saturated heterocycles. The number of hydrogen-bond donors (Lipinski definition) is 2. The quantitative estimate of drug-likeness (QED) is 0.837. The Bertz CT molecular complexity index is 559. The first-order valence-electron chi connectivity index (χ1n) is 6.01. The number of aliphatic hydroxyl groups excluding tert-OH is 1. The number of halogens is 2. The van der Waals surface area contributed by atoms with Gasteiger partial charge in [0, 0.05) is 21.4 Å². The Balaban J connectivity index is 2.35. The van der Waals surface area contributed by atoms with Crippen LogP contribution in [0.3, 0.4) is 0 Å². The van der Waals surface area contributed by atoms with Crippen molar-refractivity contribution >= 4 is 31.9 Å². The smallest absolute Gasteiger partial charge is 0.0871 e. The van der Waals surface area contributed by atoms with Crippen molar-refractivity contribution in [2.24, 2.45) is 5.73 Å². The largest absolute Gasteiger partial charge is 0.388 e. The van der Waals surface area contributed by atoms with Crippen molar-refractivity contribution in [3.05, 3.63) is 68.6 Å². The molecule has 2 aromatic carbocycles. The molecule has 0 radical (unpaired) electrons. The summed E-state index contributed by atoms with van der Waals surface area (Å²) in [5, 5.41) is 10.6. The summed E-state index contributed by atoms with van der Waals surface area (Å²) in [5.74, 6) is -0.134. The number of rotatable bonds is 4. The Labute approximate surface area is 129 Å². The molecule has 0 fully saturated rings. The van der Waals surface area contributed by atoms with Crippen LogP contribution in [0.15, 0.2) is 57.5 Å². The molecule has 2 atom stereocenters. The van der Waals surface area contributed by atoms with Crippen molar-refractivity contribution in [1.82, 2.24) is 0 Å². The zero-order valence-corrected chi connectivity index (χ0v) is 13.4. The lowest BCUT2D eigenvalue weighted by Gasteiger charge is -2.23. The molecular weight excluding hydrogens is 370 g/mol. The average molecular weight is 385 g/mol. The summed E-state index contributed by atoms with van der Waals surface area (Å²) in [6.45, 7) is 0.385. The predicted octanol–water partition coefficient (Wildman–Crippen LogP) is 3.99. The van der Waals surface area contributed by atoms with Crippen molar-refractivity contribution in [1.29, 1.82) is 0 Å². The highest BCUT2D eigenvalue weighted by Crippen LogP contribution is 2.34. The molecule has 100 valence electrons. The maximum atomic E-state index is 10.6. The average Bonchev–Trinajstić information content (AvgIpc) is 2.41. The van der Waals surface area contributed by atoms with E-state index in [-0.39, 0.29) is 5.92 Å². The van der Waals surface area contributed by atoms with Crippen LogP contribution in [0, 0.1) is 0 Å². The molecule has 0 aliphatic carbocycles. The lowest BCUT2D eigenvalue weighted by molar-refractivity contribution is 0.147. The highest BCUT2D eigenvalue weighted by molar-refractivity contribution is 9.10. The summed E-state index contributed by atoms with van der Waals surface area (Å²) in [5.41, 5.74) is 7.74. The first kappa shape index (κ1) is 14.7. The van der Waals surface area contributed by atoms with Gasteiger partial charge in [-0.15, -0.1) is 0 Å². The van der Waals surface area contributed by atoms with E-state index >= 15 is 0 Å². The standard InChI is InChI=1S/C15H15Br2NO/c16-11-5-3-4-10(8-11)15(19)13(9-18)12-6-1-2-7-14(12)17/h1-8,13,15,19H,9,18H2. The summed E-state index contributed by atoms with van der Waals surface area (Å²) in [6, 6.07) is 15.5. The van der Waals surface area contributed by atoms with Crippen LogP contribution in [0.4, 0.5) is 0 Å². The molecule has 0 saturated carbocycles. The highest BCUT2D eigenvalue weighted by Gasteiger charge is 2.23. The molecule has 0 aliphatic heterocycles. The molecule has 0 amide bonds. The number of nitrogens with two attached hydrogens (primary N) is 1. The van der Waals surface area contributed by atoms with Gasteiger partial charge >= 0.3 is 0 Å². The van der Waals surface area contributed by atoms with Gasteiger partial charge in [-0.25, -0.2) is 0 Å². The normalized spacial score (nSPS) is 14.1. The number of benzene rings is 2. The first-order valence-corrected chi connectivity index (χ1v) is 7.60. The molecule has 2 unspecified atom stereocenters. The van der Waals surface area contributed by atoms with Gasteiger partial charge in [0.2, 0.25) is 0 Å². The second-order valence-corrected chi connectivity index (χ2v) is 6.13. The maximum absolute atomic E-state index is 10.6. The van der Waals surface area contributed by atoms with Gasteiger partial charge in [0.1, 0.15) is 0 Å². The fraction of sp³-hybridized carbons (Fsp3) is 0.200. The van der Waals surface area contributed by atoms with Crippen molar-refractivity contribution < 1.29 is 5.11 Å². The molecule has 2 aromatic rings. The Morgan fingerprint density at radius 1 is 1.05 bits per heavy atom. The molecular formula is C15H15Br2NO. The molecule has 0 aliphatic rings. The molecule has 2 nitrogen and oxygen atoms in total. The van der Waals surface area contributed by atoms with Gasteiger partial charge in [-0.3, -0.25) is 0 Å². The van der Waals surface area contributed by atoms with Gasteiger partial charge in [-0.05, 0) is 29.3 Å². The van der Waals surface area contributed by atoms with Gasteiger partial charge in [0.05, 0.1) is 6.10 Å². The topological polar surface area (TPSA) is 46.2 Å². The molecule has 19 heavy (non-hydrogen) atoms. The van der Waals surface area contributed by atoms with Crippen LogP contribution < -0.4 is 5.73 Å². The lowest BCUT2D eigenvalue weighted by Crippen LogP contribution is -2.20. The second kappa shape index (κ2) is 6.66. The third-order valence-corrected chi connectivity index (χ3v) is 4.35. The van der Waals surface area contributed by atoms with E-state index in [0.717, 1.165) is 20.1 Å². The zero-order chi connectivity index (χ0) is 13.8. The van der Waals surface area contributed by atoms with Crippen LogP contribution in [-0.4, -0.2) is 11.7 Å². The van der Waals surface area contributed by atoms with E-state index in [9.17, 15) is 5.11 Å². The highest BCUT2D eigenvalue weighted by atomic mass is 79.9. The Morgan fingerprint density at radius 2 is 1.79 bits per heavy atom. The molecule has 0 bridgehead atoms. The molecule has 0 spiro atoms. The third-order valence-electron chi connectivity index (χ3n) is 3.13. The Kier molecular flexibility index (Phi) is 5.16. The SMILES string of the molecule is NCC(c1ccccc1Br)C(O)c1cccc(Br)c1. The monoisotopic (exact) mass is 383 g/mol. The fourth-order valence-electron chi connectivity index (χ4n) is 2.12. The minimum atomic E-state index is -0.624. The van der Waals surface area contributed by atoms with Crippen molar-refractivity contribution in [3.8, 4) is 0 Å². The van der Waals surface area contributed by atoms with Gasteiger partial charge in [0.25, 0.3) is 0 Å². The minimum absolute atomic E-state index is 0.134. The van der Waals surface area contributed by atoms with Crippen LogP contribution in [0.25, 0.3) is 0 Å². The molecule has 4 heteroatoms. The summed E-state index contributed by atoms with van der Waals surface area (Å²) in [7, 11) is 0. The lowest BCUT2D eigenvalue weighted by atomic mass is 9.89. The first-order chi connectivity index (χ1) is 9.13. The van der Waals surface area contributed by atoms with Crippen LogP contribution in [-0.2, 0) is 0 Å². The van der Waals surface area contributed by atoms with E-state index < -0.39 is 6.10 Å². The van der Waals surface area contributed by atoms with Crippen LogP contribution in [0.1, 0.15) is 23.1 Å². The number of aliphatic hydroxyl groups is 1. The van der Waals surface area contributed by atoms with Crippen molar-refractivity contribution in [3.63, 3.8) is 0 Å². The zero-order valence-electron chi connectivity index (χ0n) is 10.3. The summed E-state index contributed by atoms with van der Waals surface area (Å²) >= 11 is 6.94. The van der Waals surface area contributed by atoms with Crippen LogP contribution in [0.2, 0.25) is 0 Å². The molecule has 3 N–H and O–H groups in total. The minimum Gasteiger partial charge on any atom is -0.388 e. The van der Waals surface area contributed by atoms with Gasteiger partial charge in [0.15, 0.2) is 0 Å². The van der Waals surface area contributed by atoms with E-state index in [1.807, 2.05) is 48.5 Å². The molecule has 0 heterocycles. The fourth-order valence-corrected chi connectivity index (χ4v) is 3.12. The molecule has 0 aromatic heterocycles. The van der Waals surface area contributed by atoms with Gasteiger partial charge in [-0.2, -0.15) is 0 Å². The molecule has 2 rings (SSSR count). The summed E-state index contributed by atoms with van der Waals surface area (Å²) in [6.07, 6.45) is -0.624. The Morgan fingerprint density at radius 3 is 2.42 bits per heavy atom. The van der Waals surface area contributed by atoms with Crippen LogP contribution in [0.5, 0.6) is 0 Å². The summed E-state index contributed by atoms with van der Waals surface area (Å²) < 4.78 is 1.92. The van der Waals surface area contributed by atoms with E-state index in [4.69, 9.17) is 5.73 Å². The van der Waals surface area contributed by atoms with Gasteiger partial charge < -0.3 is 10.8 Å². The maximum Gasteiger partial charge on any atom is 0.0871 e. The second-order valence-electron chi connectivity index (χ2n) is 4.36. The van der Waals surface area contributed by atoms with Crippen LogP contribution >= 0.6 is 31.9 Å². The third kappa shape index (κ3) is 3.45. The number of hydrogen-bond acceptors (Lipinski definition) is 2. The van der Waals surface area contributed by atoms with E-state index in [2.05, 4.69) is 31.9 Å². The van der Waals surface area contributed by atoms with E-state index in [1.54, 1.807) is 0 Å². The van der Waals surface area contributed by atoms with E-state index in [0.29, 0.717) is 6.54 Å². The summed E-state index contributed by atoms with van der Waals surface area (Å²) in [4.78, 5) is 0. The van der Waals surface area contributed by atoms with Crippen molar-refractivity contribution in [2.75, 3.05) is 6.54 Å². The van der Waals surface area contributed by atoms with Gasteiger partial charge in [-0.1, -0.05) is 62.2 Å². The Hall–Kier alpha value is -0.680. The predicted molar refractivity (Wildman–Crippen MR) is 85.0 cm³/mol. The van der Waals surface area contributed by atoms with E-state index in [1.165, 1.54) is 0 Å². The van der Waals surface area contributed by atoms with Crippen molar-refractivity contribution in [2.45, 2.75) is 12.0 Å².